The van der Waals surface area contributed by atoms with Gasteiger partial charge in [-0.15, -0.1) is 0 Å². The van der Waals surface area contributed by atoms with E-state index in [2.05, 4.69) is 29.0 Å². The van der Waals surface area contributed by atoms with Crippen molar-refractivity contribution in [3.8, 4) is 11.5 Å². The van der Waals surface area contributed by atoms with Crippen LogP contribution in [0.1, 0.15) is 24.0 Å². The number of nitrogens with zero attached hydrogens (tertiary/aromatic N) is 1. The minimum atomic E-state index is -2.92. The predicted molar refractivity (Wildman–Crippen MR) is 108 cm³/mol. The number of amides is 1. The van der Waals surface area contributed by atoms with Gasteiger partial charge < -0.3 is 14.4 Å². The molecule has 0 bridgehead atoms. The smallest absolute Gasteiger partial charge is 0.387 e. The van der Waals surface area contributed by atoms with Crippen molar-refractivity contribution in [1.29, 1.82) is 0 Å². The number of carbonyl (C=O) groups excluding carboxylic acids is 1. The molecule has 1 saturated heterocycles. The third-order valence-electron chi connectivity index (χ3n) is 5.12. The van der Waals surface area contributed by atoms with E-state index in [0.717, 1.165) is 32.4 Å². The summed E-state index contributed by atoms with van der Waals surface area (Å²) in [5.41, 5.74) is 2.01. The van der Waals surface area contributed by atoms with E-state index in [-0.39, 0.29) is 17.4 Å². The summed E-state index contributed by atoms with van der Waals surface area (Å²) in [6.45, 7) is -1.44. The third-order valence-corrected chi connectivity index (χ3v) is 5.12. The van der Waals surface area contributed by atoms with Crippen LogP contribution in [0.5, 0.6) is 11.5 Å². The van der Waals surface area contributed by atoms with Gasteiger partial charge in [0, 0.05) is 19.2 Å². The van der Waals surface area contributed by atoms with E-state index in [0.29, 0.717) is 11.5 Å². The first-order valence-electron chi connectivity index (χ1n) is 9.69. The quantitative estimate of drug-likeness (QED) is 0.626. The Hall–Kier alpha value is -2.89. The molecular formula is C23H25F2NO3. The molecule has 154 valence electrons. The Bertz CT molecular complexity index is 831. The van der Waals surface area contributed by atoms with E-state index in [9.17, 15) is 13.6 Å². The van der Waals surface area contributed by atoms with Crippen molar-refractivity contribution >= 4 is 12.0 Å². The molecule has 0 aromatic heterocycles. The summed E-state index contributed by atoms with van der Waals surface area (Å²) in [7, 11) is 1.38. The molecule has 0 unspecified atom stereocenters. The van der Waals surface area contributed by atoms with Crippen LogP contribution < -0.4 is 9.47 Å². The van der Waals surface area contributed by atoms with E-state index >= 15 is 0 Å². The second-order valence-electron chi connectivity index (χ2n) is 7.08. The van der Waals surface area contributed by atoms with E-state index in [1.807, 2.05) is 11.0 Å². The zero-order valence-corrected chi connectivity index (χ0v) is 16.4. The first-order chi connectivity index (χ1) is 14.0. The first-order valence-corrected chi connectivity index (χ1v) is 9.69. The molecule has 1 heterocycles. The Morgan fingerprint density at radius 1 is 1.14 bits per heavy atom. The minimum absolute atomic E-state index is 0.0357. The second kappa shape index (κ2) is 10.0. The highest BCUT2D eigenvalue weighted by Crippen LogP contribution is 2.30. The van der Waals surface area contributed by atoms with Crippen LogP contribution in [0, 0.1) is 5.92 Å². The number of carbonyl (C=O) groups is 1. The lowest BCUT2D eigenvalue weighted by Crippen LogP contribution is -2.37. The standard InChI is InChI=1S/C23H25F2NO3/c1-28-21-16-18(7-9-20(21)29-23(24)25)8-10-22(27)26-13-11-19(12-14-26)15-17-5-3-2-4-6-17/h2-10,16,19,23H,11-15H2,1H3/b10-8+. The average Bonchev–Trinajstić information content (AvgIpc) is 2.73. The van der Waals surface area contributed by atoms with Gasteiger partial charge in [0.05, 0.1) is 7.11 Å². The lowest BCUT2D eigenvalue weighted by atomic mass is 9.90. The fraction of sp³-hybridized carbons (Fsp3) is 0.348. The Labute approximate surface area is 169 Å². The SMILES string of the molecule is COc1cc(/C=C/C(=O)N2CCC(Cc3ccccc3)CC2)ccc1OC(F)F. The maximum atomic E-state index is 12.5. The summed E-state index contributed by atoms with van der Waals surface area (Å²) in [6, 6.07) is 15.0. The van der Waals surface area contributed by atoms with E-state index in [1.165, 1.54) is 24.8 Å². The van der Waals surface area contributed by atoms with Gasteiger partial charge in [0.1, 0.15) is 0 Å². The molecule has 29 heavy (non-hydrogen) atoms. The molecular weight excluding hydrogens is 376 g/mol. The number of methoxy groups -OCH3 is 1. The first kappa shape index (κ1) is 20.8. The lowest BCUT2D eigenvalue weighted by molar-refractivity contribution is -0.127. The molecule has 0 spiro atoms. The number of rotatable bonds is 7. The van der Waals surface area contributed by atoms with E-state index < -0.39 is 6.61 Å². The summed E-state index contributed by atoms with van der Waals surface area (Å²) in [6.07, 6.45) is 6.20. The monoisotopic (exact) mass is 401 g/mol. The van der Waals surface area contributed by atoms with Crippen molar-refractivity contribution in [3.63, 3.8) is 0 Å². The molecule has 4 nitrogen and oxygen atoms in total. The molecule has 1 aliphatic heterocycles. The van der Waals surface area contributed by atoms with Gasteiger partial charge in [-0.2, -0.15) is 8.78 Å². The predicted octanol–water partition coefficient (Wildman–Crippen LogP) is 4.79. The number of likely N-dealkylation sites (tertiary alicyclic amines) is 1. The normalized spacial score (nSPS) is 15.1. The number of piperidine rings is 1. The Morgan fingerprint density at radius 3 is 2.52 bits per heavy atom. The summed E-state index contributed by atoms with van der Waals surface area (Å²) >= 11 is 0. The maximum Gasteiger partial charge on any atom is 0.387 e. The average molecular weight is 401 g/mol. The molecule has 1 aliphatic rings. The van der Waals surface area contributed by atoms with Gasteiger partial charge in [-0.3, -0.25) is 4.79 Å². The highest BCUT2D eigenvalue weighted by molar-refractivity contribution is 5.91. The van der Waals surface area contributed by atoms with Crippen LogP contribution in [0.2, 0.25) is 0 Å². The van der Waals surface area contributed by atoms with Crippen molar-refractivity contribution in [2.45, 2.75) is 25.9 Å². The highest BCUT2D eigenvalue weighted by atomic mass is 19.3. The molecule has 0 radical (unpaired) electrons. The van der Waals surface area contributed by atoms with Gasteiger partial charge in [-0.05, 0) is 54.5 Å². The number of benzene rings is 2. The molecule has 1 fully saturated rings. The van der Waals surface area contributed by atoms with Crippen LogP contribution >= 0.6 is 0 Å². The largest absolute Gasteiger partial charge is 0.493 e. The van der Waals surface area contributed by atoms with Crippen LogP contribution in [-0.2, 0) is 11.2 Å². The van der Waals surface area contributed by atoms with Crippen LogP contribution in [-0.4, -0.2) is 37.6 Å². The molecule has 1 amide bonds. The fourth-order valence-electron chi connectivity index (χ4n) is 3.56. The molecule has 0 aliphatic carbocycles. The fourth-order valence-corrected chi connectivity index (χ4v) is 3.56. The number of ether oxygens (including phenoxy) is 2. The molecule has 0 N–H and O–H groups in total. The van der Waals surface area contributed by atoms with Gasteiger partial charge in [-0.1, -0.05) is 36.4 Å². The Kier molecular flexibility index (Phi) is 7.22. The van der Waals surface area contributed by atoms with Gasteiger partial charge >= 0.3 is 6.61 Å². The van der Waals surface area contributed by atoms with Crippen molar-refractivity contribution in [2.24, 2.45) is 5.92 Å². The van der Waals surface area contributed by atoms with Crippen molar-refractivity contribution in [2.75, 3.05) is 20.2 Å². The topological polar surface area (TPSA) is 38.8 Å². The van der Waals surface area contributed by atoms with Crippen molar-refractivity contribution in [3.05, 3.63) is 65.7 Å². The van der Waals surface area contributed by atoms with Gasteiger partial charge in [0.2, 0.25) is 5.91 Å². The number of hydrogen-bond acceptors (Lipinski definition) is 3. The highest BCUT2D eigenvalue weighted by Gasteiger charge is 2.21. The van der Waals surface area contributed by atoms with Gasteiger partial charge in [0.15, 0.2) is 11.5 Å². The molecule has 2 aromatic rings. The molecule has 0 saturated carbocycles. The van der Waals surface area contributed by atoms with Crippen LogP contribution in [0.25, 0.3) is 6.08 Å². The summed E-state index contributed by atoms with van der Waals surface area (Å²) < 4.78 is 34.3. The van der Waals surface area contributed by atoms with Crippen LogP contribution in [0.4, 0.5) is 8.78 Å². The minimum Gasteiger partial charge on any atom is -0.493 e. The Morgan fingerprint density at radius 2 is 1.86 bits per heavy atom. The van der Waals surface area contributed by atoms with E-state index in [1.54, 1.807) is 18.2 Å². The lowest BCUT2D eigenvalue weighted by Gasteiger charge is -2.31. The number of halogens is 2. The summed E-state index contributed by atoms with van der Waals surface area (Å²) in [4.78, 5) is 14.3. The zero-order valence-electron chi connectivity index (χ0n) is 16.4. The van der Waals surface area contributed by atoms with Crippen molar-refractivity contribution in [1.82, 2.24) is 4.90 Å². The van der Waals surface area contributed by atoms with Crippen LogP contribution in [0.3, 0.4) is 0 Å². The summed E-state index contributed by atoms with van der Waals surface area (Å²) in [5, 5.41) is 0. The Balaban J connectivity index is 1.53. The summed E-state index contributed by atoms with van der Waals surface area (Å²) in [5.74, 6) is 0.709. The van der Waals surface area contributed by atoms with Gasteiger partial charge in [0.25, 0.3) is 0 Å². The molecule has 3 rings (SSSR count). The molecule has 2 aromatic carbocycles. The van der Waals surface area contributed by atoms with Gasteiger partial charge in [-0.25, -0.2) is 0 Å². The van der Waals surface area contributed by atoms with Crippen LogP contribution in [0.15, 0.2) is 54.6 Å². The maximum absolute atomic E-state index is 12.5. The second-order valence-corrected chi connectivity index (χ2v) is 7.08. The number of alkyl halides is 2. The van der Waals surface area contributed by atoms with Crippen molar-refractivity contribution < 1.29 is 23.0 Å². The third kappa shape index (κ3) is 6.04. The molecule has 0 atom stereocenters. The zero-order chi connectivity index (χ0) is 20.6. The van der Waals surface area contributed by atoms with E-state index in [4.69, 9.17) is 4.74 Å². The molecule has 6 heteroatoms. The number of hydrogen-bond donors (Lipinski definition) is 0.